The van der Waals surface area contributed by atoms with E-state index in [0.717, 1.165) is 24.7 Å². The van der Waals surface area contributed by atoms with Crippen molar-refractivity contribution in [1.29, 1.82) is 0 Å². The zero-order chi connectivity index (χ0) is 13.8. The van der Waals surface area contributed by atoms with Gasteiger partial charge in [-0.25, -0.2) is 0 Å². The number of nitrogens with zero attached hydrogens (tertiary/aromatic N) is 1. The van der Waals surface area contributed by atoms with Crippen LogP contribution in [-0.2, 0) is 13.1 Å². The van der Waals surface area contributed by atoms with Gasteiger partial charge >= 0.3 is 0 Å². The molecule has 4 heteroatoms. The molecule has 2 aromatic rings. The van der Waals surface area contributed by atoms with E-state index in [1.807, 2.05) is 11.3 Å². The van der Waals surface area contributed by atoms with E-state index >= 15 is 0 Å². The average molecular weight is 303 g/mol. The van der Waals surface area contributed by atoms with Crippen LogP contribution in [0.3, 0.4) is 0 Å². The number of hydrogen-bond acceptors (Lipinski definition) is 4. The van der Waals surface area contributed by atoms with Crippen molar-refractivity contribution in [3.63, 3.8) is 0 Å². The third kappa shape index (κ3) is 3.50. The summed E-state index contributed by atoms with van der Waals surface area (Å²) in [5, 5.41) is 13.1. The lowest BCUT2D eigenvalue weighted by Crippen LogP contribution is -2.24. The largest absolute Gasteiger partial charge is 0.384 e. The van der Waals surface area contributed by atoms with Crippen molar-refractivity contribution in [3.8, 4) is 11.8 Å². The lowest BCUT2D eigenvalue weighted by Gasteiger charge is -2.20. The van der Waals surface area contributed by atoms with E-state index < -0.39 is 0 Å². The smallest absolute Gasteiger partial charge is 0.104 e. The Bertz CT molecular complexity index is 602. The summed E-state index contributed by atoms with van der Waals surface area (Å²) in [7, 11) is 0. The maximum Gasteiger partial charge on any atom is 0.104 e. The van der Waals surface area contributed by atoms with Crippen LogP contribution in [0.1, 0.15) is 28.2 Å². The third-order valence-corrected chi connectivity index (χ3v) is 5.16. The van der Waals surface area contributed by atoms with Crippen LogP contribution in [0.15, 0.2) is 29.0 Å². The second kappa shape index (κ2) is 6.55. The van der Waals surface area contributed by atoms with E-state index in [0.29, 0.717) is 0 Å². The van der Waals surface area contributed by atoms with E-state index in [4.69, 9.17) is 5.11 Å². The molecule has 1 aliphatic carbocycles. The van der Waals surface area contributed by atoms with Crippen molar-refractivity contribution in [2.75, 3.05) is 6.61 Å². The first-order valence-electron chi connectivity index (χ1n) is 6.79. The van der Waals surface area contributed by atoms with Gasteiger partial charge in [-0.3, -0.25) is 4.90 Å². The van der Waals surface area contributed by atoms with E-state index in [1.165, 1.54) is 22.6 Å². The van der Waals surface area contributed by atoms with E-state index in [2.05, 4.69) is 45.7 Å². The predicted molar refractivity (Wildman–Crippen MR) is 84.9 cm³/mol. The Labute approximate surface area is 127 Å². The molecule has 0 amide bonds. The average Bonchev–Trinajstić information content (AvgIpc) is 3.00. The van der Waals surface area contributed by atoms with E-state index in [9.17, 15) is 0 Å². The summed E-state index contributed by atoms with van der Waals surface area (Å²) < 4.78 is 0. The van der Waals surface area contributed by atoms with Gasteiger partial charge in [0.1, 0.15) is 6.61 Å². The molecule has 20 heavy (non-hydrogen) atoms. The van der Waals surface area contributed by atoms with Crippen LogP contribution in [0.5, 0.6) is 0 Å². The Morgan fingerprint density at radius 2 is 2.10 bits per heavy atom. The first-order valence-corrected chi connectivity index (χ1v) is 8.55. The maximum atomic E-state index is 8.83. The van der Waals surface area contributed by atoms with Gasteiger partial charge in [-0.2, -0.15) is 0 Å². The zero-order valence-electron chi connectivity index (χ0n) is 11.2. The molecule has 0 aliphatic heterocycles. The van der Waals surface area contributed by atoms with Gasteiger partial charge < -0.3 is 5.11 Å². The summed E-state index contributed by atoms with van der Waals surface area (Å²) in [6.07, 6.45) is 2.63. The molecule has 1 fully saturated rings. The minimum atomic E-state index is -0.0726. The SMILES string of the molecule is OCC#Cc1ccsc1CN(Cc1cccs1)C1CC1. The molecule has 2 nitrogen and oxygen atoms in total. The van der Waals surface area contributed by atoms with Crippen LogP contribution in [0, 0.1) is 11.8 Å². The van der Waals surface area contributed by atoms with Gasteiger partial charge in [0.05, 0.1) is 0 Å². The summed E-state index contributed by atoms with van der Waals surface area (Å²) in [6.45, 7) is 1.93. The first kappa shape index (κ1) is 13.8. The van der Waals surface area contributed by atoms with Crippen molar-refractivity contribution in [2.45, 2.75) is 32.0 Å². The van der Waals surface area contributed by atoms with Crippen LogP contribution < -0.4 is 0 Å². The van der Waals surface area contributed by atoms with Gasteiger partial charge in [-0.15, -0.1) is 22.7 Å². The van der Waals surface area contributed by atoms with Crippen LogP contribution >= 0.6 is 22.7 Å². The normalized spacial score (nSPS) is 14.3. The molecule has 0 aromatic carbocycles. The molecule has 1 saturated carbocycles. The van der Waals surface area contributed by atoms with Gasteiger partial charge in [0.15, 0.2) is 0 Å². The van der Waals surface area contributed by atoms with Crippen molar-refractivity contribution in [2.24, 2.45) is 0 Å². The minimum Gasteiger partial charge on any atom is -0.384 e. The third-order valence-electron chi connectivity index (χ3n) is 3.40. The van der Waals surface area contributed by atoms with E-state index in [-0.39, 0.29) is 6.61 Å². The molecular weight excluding hydrogens is 286 g/mol. The Hall–Kier alpha value is -1.12. The standard InChI is InChI=1S/C16H17NOS2/c18-8-1-3-13-7-10-20-16(13)12-17(14-5-6-14)11-15-4-2-9-19-15/h2,4,7,9-10,14,18H,5-6,8,11-12H2. The zero-order valence-corrected chi connectivity index (χ0v) is 12.8. The van der Waals surface area contributed by atoms with Crippen molar-refractivity contribution < 1.29 is 5.11 Å². The number of aliphatic hydroxyl groups is 1. The fraction of sp³-hybridized carbons (Fsp3) is 0.375. The Kier molecular flexibility index (Phi) is 4.54. The molecule has 0 unspecified atom stereocenters. The van der Waals surface area contributed by atoms with Gasteiger partial charge in [-0.05, 0) is 35.7 Å². The van der Waals surface area contributed by atoms with Crippen LogP contribution in [-0.4, -0.2) is 22.7 Å². The van der Waals surface area contributed by atoms with E-state index in [1.54, 1.807) is 11.3 Å². The molecule has 0 atom stereocenters. The number of aliphatic hydroxyl groups excluding tert-OH is 1. The van der Waals surface area contributed by atoms with Gasteiger partial charge in [-0.1, -0.05) is 17.9 Å². The fourth-order valence-electron chi connectivity index (χ4n) is 2.25. The first-order chi connectivity index (χ1) is 9.86. The number of rotatable bonds is 5. The van der Waals surface area contributed by atoms with Crippen LogP contribution in [0.25, 0.3) is 0 Å². The molecule has 2 aromatic heterocycles. The van der Waals surface area contributed by atoms with Crippen LogP contribution in [0.4, 0.5) is 0 Å². The highest BCUT2D eigenvalue weighted by atomic mass is 32.1. The highest BCUT2D eigenvalue weighted by Crippen LogP contribution is 2.32. The molecule has 0 radical (unpaired) electrons. The van der Waals surface area contributed by atoms with Crippen molar-refractivity contribution in [3.05, 3.63) is 44.3 Å². The van der Waals surface area contributed by atoms with Crippen molar-refractivity contribution in [1.82, 2.24) is 4.90 Å². The lowest BCUT2D eigenvalue weighted by molar-refractivity contribution is 0.250. The molecule has 104 valence electrons. The van der Waals surface area contributed by atoms with Crippen LogP contribution in [0.2, 0.25) is 0 Å². The summed E-state index contributed by atoms with van der Waals surface area (Å²) in [4.78, 5) is 5.30. The Balaban J connectivity index is 1.72. The highest BCUT2D eigenvalue weighted by molar-refractivity contribution is 7.10. The number of thiophene rings is 2. The molecule has 0 bridgehead atoms. The molecule has 1 N–H and O–H groups in total. The van der Waals surface area contributed by atoms with Gasteiger partial charge in [0.25, 0.3) is 0 Å². The Morgan fingerprint density at radius 1 is 1.20 bits per heavy atom. The predicted octanol–water partition coefficient (Wildman–Crippen LogP) is 3.32. The highest BCUT2D eigenvalue weighted by Gasteiger charge is 2.29. The fourth-order valence-corrected chi connectivity index (χ4v) is 3.83. The summed E-state index contributed by atoms with van der Waals surface area (Å²) in [5.74, 6) is 5.80. The molecule has 0 saturated heterocycles. The minimum absolute atomic E-state index is 0.0726. The topological polar surface area (TPSA) is 23.5 Å². The van der Waals surface area contributed by atoms with Gasteiger partial charge in [0.2, 0.25) is 0 Å². The van der Waals surface area contributed by atoms with Crippen molar-refractivity contribution >= 4 is 22.7 Å². The molecule has 2 heterocycles. The van der Waals surface area contributed by atoms with Gasteiger partial charge in [0, 0.05) is 34.4 Å². The second-order valence-corrected chi connectivity index (χ2v) is 6.97. The monoisotopic (exact) mass is 303 g/mol. The molecule has 0 spiro atoms. The number of hydrogen-bond donors (Lipinski definition) is 1. The summed E-state index contributed by atoms with van der Waals surface area (Å²) in [5.41, 5.74) is 1.07. The quantitative estimate of drug-likeness (QED) is 0.857. The Morgan fingerprint density at radius 3 is 2.80 bits per heavy atom. The maximum absolute atomic E-state index is 8.83. The summed E-state index contributed by atoms with van der Waals surface area (Å²) in [6, 6.07) is 7.12. The molecule has 3 rings (SSSR count). The molecule has 1 aliphatic rings. The second-order valence-electron chi connectivity index (χ2n) is 4.93. The lowest BCUT2D eigenvalue weighted by atomic mass is 10.2. The summed E-state index contributed by atoms with van der Waals surface area (Å²) >= 11 is 3.59. The molecular formula is C16H17NOS2.